The first-order valence-corrected chi connectivity index (χ1v) is 9.27. The van der Waals surface area contributed by atoms with Crippen molar-refractivity contribution >= 4 is 17.2 Å². The van der Waals surface area contributed by atoms with Gasteiger partial charge in [0.1, 0.15) is 6.04 Å². The second-order valence-corrected chi connectivity index (χ2v) is 7.42. The molecule has 0 bridgehead atoms. The zero-order chi connectivity index (χ0) is 16.4. The van der Waals surface area contributed by atoms with E-state index in [-0.39, 0.29) is 24.1 Å². The minimum atomic E-state index is -0.301. The molecule has 1 saturated heterocycles. The second-order valence-electron chi connectivity index (χ2n) is 6.71. The van der Waals surface area contributed by atoms with Gasteiger partial charge in [-0.1, -0.05) is 0 Å². The van der Waals surface area contributed by atoms with Gasteiger partial charge in [-0.2, -0.15) is 0 Å². The van der Waals surface area contributed by atoms with E-state index in [1.165, 1.54) is 11.3 Å². The van der Waals surface area contributed by atoms with Crippen molar-refractivity contribution in [1.82, 2.24) is 19.7 Å². The molecule has 3 unspecified atom stereocenters. The lowest BCUT2D eigenvalue weighted by Crippen LogP contribution is -2.55. The van der Waals surface area contributed by atoms with E-state index in [9.17, 15) is 9.90 Å². The standard InChI is InChI=1S/C16H26N4O2S/c1-18(2)15(12-10-23-11-17-12)16(22)20-8-6-19(7-9-20)13-4-3-5-14(13)21/h10-11,13-15,21H,3-9H2,1-2H3. The number of piperazine rings is 1. The Morgan fingerprint density at radius 3 is 2.61 bits per heavy atom. The zero-order valence-corrected chi connectivity index (χ0v) is 14.7. The average Bonchev–Trinajstić information content (AvgIpc) is 3.19. The van der Waals surface area contributed by atoms with E-state index in [2.05, 4.69) is 9.88 Å². The molecule has 1 aliphatic carbocycles. The van der Waals surface area contributed by atoms with Gasteiger partial charge in [0, 0.05) is 37.6 Å². The quantitative estimate of drug-likeness (QED) is 0.880. The topological polar surface area (TPSA) is 59.9 Å². The van der Waals surface area contributed by atoms with Gasteiger partial charge in [0.2, 0.25) is 5.91 Å². The van der Waals surface area contributed by atoms with Crippen LogP contribution in [0.4, 0.5) is 0 Å². The van der Waals surface area contributed by atoms with Crippen molar-refractivity contribution < 1.29 is 9.90 Å². The molecule has 0 aromatic carbocycles. The Hall–Kier alpha value is -1.02. The van der Waals surface area contributed by atoms with Gasteiger partial charge in [-0.15, -0.1) is 11.3 Å². The molecule has 1 amide bonds. The van der Waals surface area contributed by atoms with Crippen molar-refractivity contribution in [2.75, 3.05) is 40.3 Å². The number of carbonyl (C=O) groups is 1. The summed E-state index contributed by atoms with van der Waals surface area (Å²) in [6, 6.07) is -0.0136. The molecule has 0 radical (unpaired) electrons. The Morgan fingerprint density at radius 1 is 1.35 bits per heavy atom. The molecule has 23 heavy (non-hydrogen) atoms. The van der Waals surface area contributed by atoms with Crippen LogP contribution < -0.4 is 0 Å². The Labute approximate surface area is 141 Å². The number of aliphatic hydroxyl groups is 1. The van der Waals surface area contributed by atoms with Crippen LogP contribution in [0.3, 0.4) is 0 Å². The number of hydrogen-bond donors (Lipinski definition) is 1. The van der Waals surface area contributed by atoms with E-state index in [1.807, 2.05) is 29.3 Å². The van der Waals surface area contributed by atoms with E-state index < -0.39 is 0 Å². The monoisotopic (exact) mass is 338 g/mol. The van der Waals surface area contributed by atoms with Crippen molar-refractivity contribution in [3.8, 4) is 0 Å². The number of aromatic nitrogens is 1. The fraction of sp³-hybridized carbons (Fsp3) is 0.750. The lowest BCUT2D eigenvalue weighted by Gasteiger charge is -2.40. The number of aliphatic hydroxyl groups excluding tert-OH is 1. The first-order chi connectivity index (χ1) is 11.1. The van der Waals surface area contributed by atoms with Gasteiger partial charge in [-0.25, -0.2) is 4.98 Å². The van der Waals surface area contributed by atoms with Crippen LogP contribution in [0, 0.1) is 0 Å². The predicted octanol–water partition coefficient (Wildman–Crippen LogP) is 0.803. The maximum absolute atomic E-state index is 12.9. The highest BCUT2D eigenvalue weighted by atomic mass is 32.1. The van der Waals surface area contributed by atoms with Crippen LogP contribution in [0.15, 0.2) is 10.9 Å². The van der Waals surface area contributed by atoms with Crippen LogP contribution in [0.5, 0.6) is 0 Å². The van der Waals surface area contributed by atoms with E-state index in [1.54, 1.807) is 5.51 Å². The van der Waals surface area contributed by atoms with Gasteiger partial charge in [0.15, 0.2) is 0 Å². The van der Waals surface area contributed by atoms with Gasteiger partial charge in [-0.3, -0.25) is 14.6 Å². The maximum Gasteiger partial charge on any atom is 0.246 e. The first-order valence-electron chi connectivity index (χ1n) is 8.33. The molecule has 0 spiro atoms. The third kappa shape index (κ3) is 3.57. The molecule has 1 aromatic rings. The fourth-order valence-electron chi connectivity index (χ4n) is 3.76. The lowest BCUT2D eigenvalue weighted by molar-refractivity contribution is -0.138. The summed E-state index contributed by atoms with van der Waals surface area (Å²) in [5.74, 6) is 0.132. The average molecular weight is 338 g/mol. The van der Waals surface area contributed by atoms with Crippen LogP contribution in [0.25, 0.3) is 0 Å². The van der Waals surface area contributed by atoms with Gasteiger partial charge in [0.05, 0.1) is 17.3 Å². The molecule has 1 aromatic heterocycles. The number of thiazole rings is 1. The van der Waals surface area contributed by atoms with Crippen LogP contribution in [0.1, 0.15) is 31.0 Å². The molecule has 3 rings (SSSR count). The number of rotatable bonds is 4. The number of nitrogens with zero attached hydrogens (tertiary/aromatic N) is 4. The highest BCUT2D eigenvalue weighted by Crippen LogP contribution is 2.26. The summed E-state index contributed by atoms with van der Waals surface area (Å²) in [5.41, 5.74) is 2.61. The largest absolute Gasteiger partial charge is 0.391 e. The molecule has 128 valence electrons. The van der Waals surface area contributed by atoms with Crippen LogP contribution in [-0.4, -0.2) is 83.1 Å². The van der Waals surface area contributed by atoms with Crippen molar-refractivity contribution in [3.05, 3.63) is 16.6 Å². The summed E-state index contributed by atoms with van der Waals surface area (Å²) in [6.45, 7) is 3.17. The minimum absolute atomic E-state index is 0.132. The van der Waals surface area contributed by atoms with Gasteiger partial charge < -0.3 is 10.0 Å². The smallest absolute Gasteiger partial charge is 0.246 e. The summed E-state index contributed by atoms with van der Waals surface area (Å²) in [6.07, 6.45) is 2.91. The molecular weight excluding hydrogens is 312 g/mol. The van der Waals surface area contributed by atoms with Gasteiger partial charge >= 0.3 is 0 Å². The molecule has 2 aliphatic rings. The molecule has 1 aliphatic heterocycles. The SMILES string of the molecule is CN(C)C(C(=O)N1CCN(C2CCCC2O)CC1)c1cscn1. The molecule has 2 fully saturated rings. The predicted molar refractivity (Wildman–Crippen MR) is 90.3 cm³/mol. The molecular formula is C16H26N4O2S. The van der Waals surface area contributed by atoms with Crippen LogP contribution >= 0.6 is 11.3 Å². The van der Waals surface area contributed by atoms with Crippen LogP contribution in [-0.2, 0) is 4.79 Å². The molecule has 1 N–H and O–H groups in total. The Balaban J connectivity index is 1.61. The van der Waals surface area contributed by atoms with Gasteiger partial charge in [0.25, 0.3) is 0 Å². The van der Waals surface area contributed by atoms with Crippen molar-refractivity contribution in [1.29, 1.82) is 0 Å². The third-order valence-electron chi connectivity index (χ3n) is 5.02. The molecule has 7 heteroatoms. The summed E-state index contributed by atoms with van der Waals surface area (Å²) >= 11 is 1.52. The summed E-state index contributed by atoms with van der Waals surface area (Å²) in [5, 5.41) is 12.0. The summed E-state index contributed by atoms with van der Waals surface area (Å²) < 4.78 is 0. The first kappa shape index (κ1) is 16.8. The number of likely N-dealkylation sites (N-methyl/N-ethyl adjacent to an activating group) is 1. The van der Waals surface area contributed by atoms with Crippen LogP contribution in [0.2, 0.25) is 0 Å². The highest BCUT2D eigenvalue weighted by molar-refractivity contribution is 7.07. The lowest BCUT2D eigenvalue weighted by atomic mass is 10.1. The van der Waals surface area contributed by atoms with E-state index >= 15 is 0 Å². The minimum Gasteiger partial charge on any atom is -0.391 e. The highest BCUT2D eigenvalue weighted by Gasteiger charge is 2.35. The Bertz CT molecular complexity index is 514. The molecule has 1 saturated carbocycles. The van der Waals surface area contributed by atoms with Gasteiger partial charge in [-0.05, 0) is 33.4 Å². The number of hydrogen-bond acceptors (Lipinski definition) is 6. The maximum atomic E-state index is 12.9. The fourth-order valence-corrected chi connectivity index (χ4v) is 4.34. The molecule has 3 atom stereocenters. The van der Waals surface area contributed by atoms with E-state index in [0.29, 0.717) is 0 Å². The zero-order valence-electron chi connectivity index (χ0n) is 13.9. The second kappa shape index (κ2) is 7.25. The van der Waals surface area contributed by atoms with Crippen molar-refractivity contribution in [3.63, 3.8) is 0 Å². The van der Waals surface area contributed by atoms with Crippen molar-refractivity contribution in [2.45, 2.75) is 37.5 Å². The van der Waals surface area contributed by atoms with Crippen molar-refractivity contribution in [2.24, 2.45) is 0 Å². The normalized spacial score (nSPS) is 27.6. The van der Waals surface area contributed by atoms with E-state index in [0.717, 1.165) is 51.1 Å². The van der Waals surface area contributed by atoms with E-state index in [4.69, 9.17) is 0 Å². The summed E-state index contributed by atoms with van der Waals surface area (Å²) in [4.78, 5) is 23.5. The molecule has 6 nitrogen and oxygen atoms in total. The molecule has 2 heterocycles. The number of carbonyl (C=O) groups excluding carboxylic acids is 1. The Kier molecular flexibility index (Phi) is 5.31. The number of amides is 1. The third-order valence-corrected chi connectivity index (χ3v) is 5.63. The summed E-state index contributed by atoms with van der Waals surface area (Å²) in [7, 11) is 3.85. The Morgan fingerprint density at radius 2 is 2.09 bits per heavy atom.